The Morgan fingerprint density at radius 2 is 2.11 bits per heavy atom. The van der Waals surface area contributed by atoms with Gasteiger partial charge in [0.25, 0.3) is 0 Å². The number of hydrogen-bond acceptors (Lipinski definition) is 3. The van der Waals surface area contributed by atoms with E-state index in [1.165, 1.54) is 6.08 Å². The van der Waals surface area contributed by atoms with Crippen molar-refractivity contribution in [2.45, 2.75) is 59.4 Å². The molecule has 0 unspecified atom stereocenters. The van der Waals surface area contributed by atoms with E-state index in [-0.39, 0.29) is 11.8 Å². The van der Waals surface area contributed by atoms with Crippen LogP contribution in [0.5, 0.6) is 0 Å². The molecule has 7 heteroatoms. The molecule has 1 fully saturated rings. The van der Waals surface area contributed by atoms with E-state index in [4.69, 9.17) is 11.6 Å². The van der Waals surface area contributed by atoms with Gasteiger partial charge in [-0.1, -0.05) is 31.9 Å². The molecule has 2 heterocycles. The Labute approximate surface area is 166 Å². The number of nitrogens with one attached hydrogen (secondary N) is 1. The van der Waals surface area contributed by atoms with Crippen LogP contribution in [0.15, 0.2) is 6.08 Å². The number of likely N-dealkylation sites (tertiary alicyclic amines) is 1. The predicted molar refractivity (Wildman–Crippen MR) is 109 cm³/mol. The molecule has 2 rings (SSSR count). The second-order valence-electron chi connectivity index (χ2n) is 7.54. The minimum absolute atomic E-state index is 0.163. The fourth-order valence-corrected chi connectivity index (χ4v) is 3.50. The van der Waals surface area contributed by atoms with Crippen LogP contribution >= 0.6 is 11.6 Å². The number of amides is 2. The molecule has 1 aromatic heterocycles. The van der Waals surface area contributed by atoms with Crippen LogP contribution in [0.25, 0.3) is 6.08 Å². The quantitative estimate of drug-likeness (QED) is 0.542. The summed E-state index contributed by atoms with van der Waals surface area (Å²) in [6, 6.07) is 0. The number of carbonyl (C=O) groups is 2. The lowest BCUT2D eigenvalue weighted by Crippen LogP contribution is -2.33. The predicted octanol–water partition coefficient (Wildman–Crippen LogP) is 3.42. The maximum Gasteiger partial charge on any atom is 0.244 e. The number of hydrogen-bond donors (Lipinski definition) is 1. The van der Waals surface area contributed by atoms with Gasteiger partial charge in [0.05, 0.1) is 5.69 Å². The Bertz CT molecular complexity index is 682. The first-order chi connectivity index (χ1) is 12.9. The van der Waals surface area contributed by atoms with Gasteiger partial charge in [-0.05, 0) is 38.2 Å². The first kappa shape index (κ1) is 21.5. The fourth-order valence-electron chi connectivity index (χ4n) is 3.20. The summed E-state index contributed by atoms with van der Waals surface area (Å²) in [5.74, 6) is 0.518. The molecule has 1 N–H and O–H groups in total. The average molecular weight is 395 g/mol. The van der Waals surface area contributed by atoms with Crippen molar-refractivity contribution >= 4 is 29.5 Å². The molecule has 1 aromatic rings. The summed E-state index contributed by atoms with van der Waals surface area (Å²) >= 11 is 6.38. The van der Waals surface area contributed by atoms with E-state index in [2.05, 4.69) is 24.3 Å². The van der Waals surface area contributed by atoms with Gasteiger partial charge in [0, 0.05) is 44.2 Å². The van der Waals surface area contributed by atoms with Gasteiger partial charge in [0.1, 0.15) is 5.15 Å². The van der Waals surface area contributed by atoms with Gasteiger partial charge < -0.3 is 10.2 Å². The Morgan fingerprint density at radius 3 is 2.85 bits per heavy atom. The van der Waals surface area contributed by atoms with Crippen LogP contribution in [0, 0.1) is 12.8 Å². The van der Waals surface area contributed by atoms with E-state index >= 15 is 0 Å². The molecule has 0 spiro atoms. The van der Waals surface area contributed by atoms with Crippen LogP contribution in [0.4, 0.5) is 0 Å². The zero-order valence-corrected chi connectivity index (χ0v) is 17.4. The van der Waals surface area contributed by atoms with Crippen LogP contribution in [0.1, 0.15) is 57.2 Å². The zero-order chi connectivity index (χ0) is 19.8. The summed E-state index contributed by atoms with van der Waals surface area (Å²) in [6.45, 7) is 8.94. The molecule has 1 aliphatic rings. The van der Waals surface area contributed by atoms with Crippen LogP contribution in [0.3, 0.4) is 0 Å². The van der Waals surface area contributed by atoms with Gasteiger partial charge >= 0.3 is 0 Å². The molecule has 0 bridgehead atoms. The maximum absolute atomic E-state index is 12.0. The molecule has 1 aliphatic heterocycles. The van der Waals surface area contributed by atoms with Gasteiger partial charge in [0.15, 0.2) is 0 Å². The summed E-state index contributed by atoms with van der Waals surface area (Å²) in [4.78, 5) is 25.9. The first-order valence-electron chi connectivity index (χ1n) is 9.85. The molecule has 0 aliphatic carbocycles. The van der Waals surface area contributed by atoms with Gasteiger partial charge in [-0.15, -0.1) is 0 Å². The Morgan fingerprint density at radius 1 is 1.33 bits per heavy atom. The van der Waals surface area contributed by atoms with Crippen LogP contribution in [-0.4, -0.2) is 46.1 Å². The Kier molecular flexibility index (Phi) is 8.35. The topological polar surface area (TPSA) is 67.2 Å². The van der Waals surface area contributed by atoms with Crippen molar-refractivity contribution in [1.29, 1.82) is 0 Å². The highest BCUT2D eigenvalue weighted by Crippen LogP contribution is 2.22. The molecule has 2 amide bonds. The van der Waals surface area contributed by atoms with Crippen molar-refractivity contribution in [3.63, 3.8) is 0 Å². The third-order valence-electron chi connectivity index (χ3n) is 4.62. The van der Waals surface area contributed by atoms with E-state index in [1.54, 1.807) is 10.8 Å². The van der Waals surface area contributed by atoms with E-state index in [1.807, 2.05) is 11.8 Å². The van der Waals surface area contributed by atoms with Crippen LogP contribution < -0.4 is 5.32 Å². The van der Waals surface area contributed by atoms with Crippen LogP contribution in [-0.2, 0) is 16.1 Å². The second-order valence-corrected chi connectivity index (χ2v) is 7.89. The van der Waals surface area contributed by atoms with Crippen molar-refractivity contribution in [3.8, 4) is 0 Å². The number of halogens is 1. The van der Waals surface area contributed by atoms with Crippen molar-refractivity contribution in [2.75, 3.05) is 19.6 Å². The van der Waals surface area contributed by atoms with E-state index < -0.39 is 0 Å². The fraction of sp³-hybridized carbons (Fsp3) is 0.650. The number of rotatable bonds is 8. The molecule has 150 valence electrons. The second kappa shape index (κ2) is 10.5. The van der Waals surface area contributed by atoms with Crippen molar-refractivity contribution < 1.29 is 9.59 Å². The van der Waals surface area contributed by atoms with Gasteiger partial charge in [0.2, 0.25) is 11.8 Å². The van der Waals surface area contributed by atoms with Gasteiger partial charge in [-0.25, -0.2) is 0 Å². The summed E-state index contributed by atoms with van der Waals surface area (Å²) in [6.07, 6.45) is 7.82. The number of carbonyl (C=O) groups excluding carboxylic acids is 2. The molecule has 6 nitrogen and oxygen atoms in total. The molecule has 0 radical (unpaired) electrons. The smallest absolute Gasteiger partial charge is 0.244 e. The highest BCUT2D eigenvalue weighted by Gasteiger charge is 2.16. The number of aromatic nitrogens is 2. The molecule has 1 saturated heterocycles. The monoisotopic (exact) mass is 394 g/mol. The third kappa shape index (κ3) is 6.69. The van der Waals surface area contributed by atoms with Gasteiger partial charge in [-0.2, -0.15) is 5.10 Å². The average Bonchev–Trinajstić information content (AvgIpc) is 2.75. The molecule has 0 aromatic carbocycles. The van der Waals surface area contributed by atoms with Crippen molar-refractivity contribution in [3.05, 3.63) is 22.5 Å². The summed E-state index contributed by atoms with van der Waals surface area (Å²) < 4.78 is 1.78. The highest BCUT2D eigenvalue weighted by molar-refractivity contribution is 6.31. The summed E-state index contributed by atoms with van der Waals surface area (Å²) in [5.41, 5.74) is 1.59. The third-order valence-corrected chi connectivity index (χ3v) is 5.02. The van der Waals surface area contributed by atoms with Crippen LogP contribution in [0.2, 0.25) is 5.15 Å². The van der Waals surface area contributed by atoms with Gasteiger partial charge in [-0.3, -0.25) is 14.3 Å². The standard InChI is InChI=1S/C20H31ClN4O2/c1-15(2)14-25-20(21)17(16(3)23-25)9-10-18(26)22-11-7-13-24-12-6-4-5-8-19(24)27/h9-10,15H,4-8,11-14H2,1-3H3,(H,22,26). The van der Waals surface area contributed by atoms with E-state index in [0.29, 0.717) is 30.6 Å². The zero-order valence-electron chi connectivity index (χ0n) is 16.6. The van der Waals surface area contributed by atoms with Crippen molar-refractivity contribution in [1.82, 2.24) is 20.0 Å². The molecule has 0 saturated carbocycles. The lowest BCUT2D eigenvalue weighted by Gasteiger charge is -2.20. The minimum Gasteiger partial charge on any atom is -0.352 e. The largest absolute Gasteiger partial charge is 0.352 e. The first-order valence-corrected chi connectivity index (χ1v) is 10.2. The molecule has 27 heavy (non-hydrogen) atoms. The summed E-state index contributed by atoms with van der Waals surface area (Å²) in [5, 5.41) is 7.86. The SMILES string of the molecule is Cc1nn(CC(C)C)c(Cl)c1C=CC(=O)NCCCN1CCCCCC1=O. The number of aryl methyl sites for hydroxylation is 1. The normalized spacial score (nSPS) is 15.6. The highest BCUT2D eigenvalue weighted by atomic mass is 35.5. The molecular formula is C20H31ClN4O2. The van der Waals surface area contributed by atoms with E-state index in [9.17, 15) is 9.59 Å². The molecular weight excluding hydrogens is 364 g/mol. The lowest BCUT2D eigenvalue weighted by molar-refractivity contribution is -0.130. The number of nitrogens with zero attached hydrogens (tertiary/aromatic N) is 3. The Hall–Kier alpha value is -1.82. The minimum atomic E-state index is -0.163. The lowest BCUT2D eigenvalue weighted by atomic mass is 10.2. The van der Waals surface area contributed by atoms with Crippen molar-refractivity contribution in [2.24, 2.45) is 5.92 Å². The van der Waals surface area contributed by atoms with E-state index in [0.717, 1.165) is 50.0 Å². The Balaban J connectivity index is 1.78. The summed E-state index contributed by atoms with van der Waals surface area (Å²) in [7, 11) is 0. The molecule has 0 atom stereocenters. The maximum atomic E-state index is 12.0.